The highest BCUT2D eigenvalue weighted by Crippen LogP contribution is 2.26. The van der Waals surface area contributed by atoms with E-state index in [2.05, 4.69) is 6.07 Å². The first kappa shape index (κ1) is 16.7. The number of para-hydroxylation sites is 1. The number of ether oxygens (including phenoxy) is 3. The van der Waals surface area contributed by atoms with Crippen LogP contribution in [0.3, 0.4) is 0 Å². The first-order chi connectivity index (χ1) is 11.7. The van der Waals surface area contributed by atoms with E-state index in [1.807, 2.05) is 4.90 Å². The molecule has 2 unspecified atom stereocenters. The smallest absolute Gasteiger partial charge is 0.263 e. The maximum Gasteiger partial charge on any atom is 0.263 e. The zero-order valence-corrected chi connectivity index (χ0v) is 13.8. The fourth-order valence-electron chi connectivity index (χ4n) is 3.25. The second kappa shape index (κ2) is 7.65. The topological polar surface area (TPSA) is 71.8 Å². The van der Waals surface area contributed by atoms with Crippen LogP contribution < -0.4 is 4.74 Å². The zero-order valence-electron chi connectivity index (χ0n) is 13.8. The third-order valence-electron chi connectivity index (χ3n) is 4.45. The lowest BCUT2D eigenvalue weighted by atomic mass is 10.0. The van der Waals surface area contributed by atoms with Crippen molar-refractivity contribution in [2.75, 3.05) is 19.8 Å². The molecule has 0 N–H and O–H groups in total. The number of carbonyl (C=O) groups excluding carboxylic acids is 1. The van der Waals surface area contributed by atoms with Gasteiger partial charge in [-0.3, -0.25) is 4.79 Å². The second-order valence-corrected chi connectivity index (χ2v) is 6.07. The molecule has 128 valence electrons. The van der Waals surface area contributed by atoms with E-state index in [4.69, 9.17) is 19.5 Å². The first-order valence-corrected chi connectivity index (χ1v) is 8.40. The number of piperidine rings is 1. The average Bonchev–Trinajstić information content (AvgIpc) is 3.16. The molecule has 24 heavy (non-hydrogen) atoms. The highest BCUT2D eigenvalue weighted by molar-refractivity contribution is 5.81. The van der Waals surface area contributed by atoms with Gasteiger partial charge in [0.15, 0.2) is 12.4 Å². The standard InChI is InChI=1S/C18H22N2O4/c1-13(24-16-8-3-2-6-14(16)12-19)17(21)20-9-5-4-7-15(20)18-22-10-11-23-18/h2-3,6,8,13,15,18H,4-5,7,9-11H2,1H3. The Labute approximate surface area is 141 Å². The summed E-state index contributed by atoms with van der Waals surface area (Å²) in [4.78, 5) is 14.7. The maximum absolute atomic E-state index is 12.9. The van der Waals surface area contributed by atoms with Crippen molar-refractivity contribution in [3.05, 3.63) is 29.8 Å². The third-order valence-corrected chi connectivity index (χ3v) is 4.45. The van der Waals surface area contributed by atoms with Crippen molar-refractivity contribution in [1.82, 2.24) is 4.90 Å². The van der Waals surface area contributed by atoms with E-state index in [1.54, 1.807) is 31.2 Å². The Hall–Kier alpha value is -2.10. The van der Waals surface area contributed by atoms with Gasteiger partial charge in [0.1, 0.15) is 11.8 Å². The summed E-state index contributed by atoms with van der Waals surface area (Å²) in [5.41, 5.74) is 0.426. The lowest BCUT2D eigenvalue weighted by Gasteiger charge is -2.39. The largest absolute Gasteiger partial charge is 0.480 e. The number of amides is 1. The molecule has 0 aliphatic carbocycles. The summed E-state index contributed by atoms with van der Waals surface area (Å²) >= 11 is 0. The number of likely N-dealkylation sites (tertiary alicyclic amines) is 1. The van der Waals surface area contributed by atoms with Gasteiger partial charge in [-0.25, -0.2) is 0 Å². The molecule has 2 atom stereocenters. The van der Waals surface area contributed by atoms with Crippen molar-refractivity contribution in [2.45, 2.75) is 44.6 Å². The fraction of sp³-hybridized carbons (Fsp3) is 0.556. The van der Waals surface area contributed by atoms with E-state index >= 15 is 0 Å². The quantitative estimate of drug-likeness (QED) is 0.845. The molecule has 0 radical (unpaired) electrons. The van der Waals surface area contributed by atoms with Crippen molar-refractivity contribution in [1.29, 1.82) is 5.26 Å². The molecule has 2 fully saturated rings. The van der Waals surface area contributed by atoms with Gasteiger partial charge < -0.3 is 19.1 Å². The van der Waals surface area contributed by atoms with Gasteiger partial charge in [-0.15, -0.1) is 0 Å². The predicted octanol–water partition coefficient (Wildman–Crippen LogP) is 2.08. The molecule has 6 heteroatoms. The van der Waals surface area contributed by atoms with E-state index in [9.17, 15) is 4.79 Å². The van der Waals surface area contributed by atoms with Crippen molar-refractivity contribution >= 4 is 5.91 Å². The molecule has 0 saturated carbocycles. The van der Waals surface area contributed by atoms with Crippen LogP contribution in [-0.4, -0.2) is 49.0 Å². The maximum atomic E-state index is 12.9. The summed E-state index contributed by atoms with van der Waals surface area (Å²) in [5, 5.41) is 9.15. The van der Waals surface area contributed by atoms with Crippen LogP contribution >= 0.6 is 0 Å². The van der Waals surface area contributed by atoms with Crippen molar-refractivity contribution in [2.24, 2.45) is 0 Å². The Kier molecular flexibility index (Phi) is 5.34. The number of rotatable bonds is 4. The third kappa shape index (κ3) is 3.53. The van der Waals surface area contributed by atoms with Crippen LogP contribution in [0.15, 0.2) is 24.3 Å². The Balaban J connectivity index is 1.70. The van der Waals surface area contributed by atoms with Gasteiger partial charge in [0, 0.05) is 6.54 Å². The Morgan fingerprint density at radius 2 is 2.08 bits per heavy atom. The molecule has 0 bridgehead atoms. The Morgan fingerprint density at radius 3 is 2.83 bits per heavy atom. The molecule has 0 spiro atoms. The Bertz CT molecular complexity index is 622. The molecule has 2 saturated heterocycles. The van der Waals surface area contributed by atoms with Crippen molar-refractivity contribution in [3.63, 3.8) is 0 Å². The molecule has 2 heterocycles. The number of carbonyl (C=O) groups is 1. The van der Waals surface area contributed by atoms with E-state index < -0.39 is 6.10 Å². The number of nitriles is 1. The summed E-state index contributed by atoms with van der Waals surface area (Å²) in [6, 6.07) is 8.96. The van der Waals surface area contributed by atoms with Gasteiger partial charge in [0.2, 0.25) is 0 Å². The van der Waals surface area contributed by atoms with Crippen LogP contribution in [-0.2, 0) is 14.3 Å². The highest BCUT2D eigenvalue weighted by atomic mass is 16.7. The predicted molar refractivity (Wildman–Crippen MR) is 86.3 cm³/mol. The van der Waals surface area contributed by atoms with Crippen LogP contribution in [0.2, 0.25) is 0 Å². The molecule has 0 aromatic heterocycles. The molecule has 1 amide bonds. The minimum Gasteiger partial charge on any atom is -0.480 e. The molecule has 1 aromatic carbocycles. The summed E-state index contributed by atoms with van der Waals surface area (Å²) < 4.78 is 17.0. The summed E-state index contributed by atoms with van der Waals surface area (Å²) in [7, 11) is 0. The van der Waals surface area contributed by atoms with E-state index in [1.165, 1.54) is 0 Å². The Morgan fingerprint density at radius 1 is 1.33 bits per heavy atom. The fourth-order valence-corrected chi connectivity index (χ4v) is 3.25. The van der Waals surface area contributed by atoms with E-state index in [0.717, 1.165) is 19.3 Å². The molecule has 6 nitrogen and oxygen atoms in total. The van der Waals surface area contributed by atoms with Crippen molar-refractivity contribution in [3.8, 4) is 11.8 Å². The van der Waals surface area contributed by atoms with Crippen LogP contribution in [0.5, 0.6) is 5.75 Å². The highest BCUT2D eigenvalue weighted by Gasteiger charge is 2.38. The number of nitrogens with zero attached hydrogens (tertiary/aromatic N) is 2. The number of hydrogen-bond donors (Lipinski definition) is 0. The zero-order chi connectivity index (χ0) is 16.9. The summed E-state index contributed by atoms with van der Waals surface area (Å²) in [6.07, 6.45) is 1.90. The lowest BCUT2D eigenvalue weighted by Crippen LogP contribution is -2.53. The molecule has 3 rings (SSSR count). The minimum absolute atomic E-state index is 0.0639. The van der Waals surface area contributed by atoms with Gasteiger partial charge in [0.25, 0.3) is 5.91 Å². The van der Waals surface area contributed by atoms with Gasteiger partial charge >= 0.3 is 0 Å². The van der Waals surface area contributed by atoms with E-state index in [0.29, 0.717) is 31.1 Å². The normalized spacial score (nSPS) is 22.8. The average molecular weight is 330 g/mol. The number of benzene rings is 1. The summed E-state index contributed by atoms with van der Waals surface area (Å²) in [5.74, 6) is 0.342. The molecule has 1 aromatic rings. The molecule has 2 aliphatic rings. The monoisotopic (exact) mass is 330 g/mol. The number of hydrogen-bond acceptors (Lipinski definition) is 5. The lowest BCUT2D eigenvalue weighted by molar-refractivity contribution is -0.156. The van der Waals surface area contributed by atoms with E-state index in [-0.39, 0.29) is 18.2 Å². The van der Waals surface area contributed by atoms with Crippen LogP contribution in [0.1, 0.15) is 31.7 Å². The van der Waals surface area contributed by atoms with Crippen LogP contribution in [0.4, 0.5) is 0 Å². The van der Waals surface area contributed by atoms with Gasteiger partial charge in [-0.05, 0) is 38.3 Å². The summed E-state index contributed by atoms with van der Waals surface area (Å²) in [6.45, 7) is 3.55. The van der Waals surface area contributed by atoms with Crippen LogP contribution in [0.25, 0.3) is 0 Å². The van der Waals surface area contributed by atoms with Crippen LogP contribution in [0, 0.1) is 11.3 Å². The first-order valence-electron chi connectivity index (χ1n) is 8.40. The van der Waals surface area contributed by atoms with Crippen molar-refractivity contribution < 1.29 is 19.0 Å². The second-order valence-electron chi connectivity index (χ2n) is 6.07. The molecular weight excluding hydrogens is 308 g/mol. The minimum atomic E-state index is -0.665. The van der Waals surface area contributed by atoms with Gasteiger partial charge in [0.05, 0.1) is 24.8 Å². The molecular formula is C18H22N2O4. The molecule has 2 aliphatic heterocycles. The van der Waals surface area contributed by atoms with Gasteiger partial charge in [-0.2, -0.15) is 5.26 Å². The SMILES string of the molecule is CC(Oc1ccccc1C#N)C(=O)N1CCCCC1C1OCCO1. The van der Waals surface area contributed by atoms with Gasteiger partial charge in [-0.1, -0.05) is 12.1 Å².